The second-order valence-corrected chi connectivity index (χ2v) is 9.60. The Kier molecular flexibility index (Phi) is 7.39. The van der Waals surface area contributed by atoms with Crippen molar-refractivity contribution in [1.82, 2.24) is 35.0 Å². The van der Waals surface area contributed by atoms with Gasteiger partial charge in [-0.2, -0.15) is 5.10 Å². The van der Waals surface area contributed by atoms with Crippen LogP contribution in [0, 0.1) is 13.8 Å². The van der Waals surface area contributed by atoms with E-state index < -0.39 is 0 Å². The number of carbonyl (C=O) groups is 3. The number of hydrogen-bond acceptors (Lipinski definition) is 9. The third kappa shape index (κ3) is 5.47. The summed E-state index contributed by atoms with van der Waals surface area (Å²) in [5.74, 6) is -0.638. The molecule has 3 aromatic heterocycles. The van der Waals surface area contributed by atoms with E-state index in [0.717, 1.165) is 23.5 Å². The molecule has 0 bridgehead atoms. The number of carbonyl (C=O) groups excluding carboxylic acids is 3. The van der Waals surface area contributed by atoms with Crippen molar-refractivity contribution in [2.24, 2.45) is 0 Å². The maximum absolute atomic E-state index is 13.1. The fourth-order valence-electron chi connectivity index (χ4n) is 4.15. The van der Waals surface area contributed by atoms with Gasteiger partial charge in [-0.15, -0.1) is 21.5 Å². The monoisotopic (exact) mass is 499 g/mol. The Labute approximate surface area is 206 Å². The molecule has 0 saturated carbocycles. The molecule has 4 heterocycles. The zero-order chi connectivity index (χ0) is 25.1. The summed E-state index contributed by atoms with van der Waals surface area (Å²) in [5.41, 5.74) is 2.76. The summed E-state index contributed by atoms with van der Waals surface area (Å²) in [6.07, 6.45) is 1.60. The smallest absolute Gasteiger partial charge is 0.307 e. The van der Waals surface area contributed by atoms with Gasteiger partial charge in [-0.3, -0.25) is 14.4 Å². The maximum Gasteiger partial charge on any atom is 0.307 e. The lowest BCUT2D eigenvalue weighted by atomic mass is 9.97. The summed E-state index contributed by atoms with van der Waals surface area (Å²) in [6, 6.07) is 1.47. The number of aromatic nitrogens is 5. The Morgan fingerprint density at radius 1 is 1.23 bits per heavy atom. The number of fused-ring (bicyclic) bond motifs is 1. The number of piperidine rings is 1. The van der Waals surface area contributed by atoms with Gasteiger partial charge in [0.05, 0.1) is 29.4 Å². The molecular weight excluding hydrogens is 470 g/mol. The van der Waals surface area contributed by atoms with Gasteiger partial charge < -0.3 is 15.0 Å². The van der Waals surface area contributed by atoms with E-state index in [2.05, 4.69) is 25.6 Å². The number of thiazole rings is 1. The van der Waals surface area contributed by atoms with Crippen LogP contribution in [0.5, 0.6) is 0 Å². The molecule has 3 aromatic rings. The van der Waals surface area contributed by atoms with Crippen molar-refractivity contribution < 1.29 is 19.1 Å². The number of hydrogen-bond donors (Lipinski definition) is 1. The fraction of sp³-hybridized carbons (Fsp3) is 0.522. The van der Waals surface area contributed by atoms with E-state index in [-0.39, 0.29) is 36.2 Å². The van der Waals surface area contributed by atoms with Crippen molar-refractivity contribution in [1.29, 1.82) is 0 Å². The molecule has 0 aromatic carbocycles. The highest BCUT2D eigenvalue weighted by Crippen LogP contribution is 2.31. The number of aryl methyl sites for hydroxylation is 2. The van der Waals surface area contributed by atoms with E-state index in [4.69, 9.17) is 4.74 Å². The number of amides is 2. The molecule has 1 atom stereocenters. The van der Waals surface area contributed by atoms with Gasteiger partial charge >= 0.3 is 5.97 Å². The molecule has 0 aliphatic carbocycles. The predicted molar refractivity (Wildman–Crippen MR) is 128 cm³/mol. The van der Waals surface area contributed by atoms with Crippen molar-refractivity contribution in [3.05, 3.63) is 39.2 Å². The van der Waals surface area contributed by atoms with E-state index in [0.29, 0.717) is 42.4 Å². The third-order valence-electron chi connectivity index (χ3n) is 5.97. The molecule has 186 valence electrons. The van der Waals surface area contributed by atoms with E-state index >= 15 is 0 Å². The van der Waals surface area contributed by atoms with Crippen LogP contribution in [0.4, 0.5) is 0 Å². The molecule has 0 spiro atoms. The average molecular weight is 500 g/mol. The first-order valence-electron chi connectivity index (χ1n) is 11.7. The van der Waals surface area contributed by atoms with Crippen molar-refractivity contribution in [3.8, 4) is 0 Å². The molecule has 1 aliphatic heterocycles. The van der Waals surface area contributed by atoms with Gasteiger partial charge in [-0.05, 0) is 40.5 Å². The molecule has 12 heteroatoms. The number of ether oxygens (including phenoxy) is 1. The second-order valence-electron chi connectivity index (χ2n) is 8.71. The molecule has 1 N–H and O–H groups in total. The molecule has 1 unspecified atom stereocenters. The Balaban J connectivity index is 1.34. The first-order chi connectivity index (χ1) is 16.8. The van der Waals surface area contributed by atoms with Crippen LogP contribution in [0.1, 0.15) is 76.4 Å². The van der Waals surface area contributed by atoms with Crippen molar-refractivity contribution in [2.75, 3.05) is 19.7 Å². The topological polar surface area (TPSA) is 132 Å². The molecule has 1 fully saturated rings. The van der Waals surface area contributed by atoms with Crippen LogP contribution in [0.15, 0.2) is 11.4 Å². The van der Waals surface area contributed by atoms with Gasteiger partial charge in [0, 0.05) is 36.5 Å². The van der Waals surface area contributed by atoms with Crippen LogP contribution in [0.3, 0.4) is 0 Å². The standard InChI is InChI=1S/C23H29N7O4S/c1-5-34-19(31)11-13(2)24-21(32)17-12-35-22(25-17)16-6-8-29(9-7-16)23(33)20-15(4)30-18(26-27-20)10-14(3)28-30/h10,12-13,16H,5-9,11H2,1-4H3,(H,24,32). The van der Waals surface area contributed by atoms with Gasteiger partial charge in [0.2, 0.25) is 0 Å². The minimum atomic E-state index is -0.350. The molecule has 0 radical (unpaired) electrons. The third-order valence-corrected chi connectivity index (χ3v) is 6.98. The predicted octanol–water partition coefficient (Wildman–Crippen LogP) is 2.29. The molecule has 11 nitrogen and oxygen atoms in total. The maximum atomic E-state index is 13.1. The fourth-order valence-corrected chi connectivity index (χ4v) is 5.12. The summed E-state index contributed by atoms with van der Waals surface area (Å²) in [4.78, 5) is 43.6. The summed E-state index contributed by atoms with van der Waals surface area (Å²) < 4.78 is 6.57. The van der Waals surface area contributed by atoms with Gasteiger partial charge in [-0.25, -0.2) is 9.50 Å². The van der Waals surface area contributed by atoms with Gasteiger partial charge in [-0.1, -0.05) is 0 Å². The van der Waals surface area contributed by atoms with E-state index in [1.54, 1.807) is 28.6 Å². The SMILES string of the molecule is CCOC(=O)CC(C)NC(=O)c1csc(C2CCN(C(=O)c3nnc4cc(C)nn4c3C)CC2)n1. The molecular formula is C23H29N7O4S. The van der Waals surface area contributed by atoms with E-state index in [9.17, 15) is 14.4 Å². The first-order valence-corrected chi connectivity index (χ1v) is 12.6. The largest absolute Gasteiger partial charge is 0.466 e. The van der Waals surface area contributed by atoms with Crippen LogP contribution in [0.25, 0.3) is 5.65 Å². The average Bonchev–Trinajstić information content (AvgIpc) is 3.46. The van der Waals surface area contributed by atoms with Crippen LogP contribution < -0.4 is 5.32 Å². The lowest BCUT2D eigenvalue weighted by Crippen LogP contribution is -2.39. The van der Waals surface area contributed by atoms with Crippen molar-refractivity contribution in [2.45, 2.75) is 58.9 Å². The second kappa shape index (κ2) is 10.5. The summed E-state index contributed by atoms with van der Waals surface area (Å²) in [6.45, 7) is 8.64. The molecule has 35 heavy (non-hydrogen) atoms. The lowest BCUT2D eigenvalue weighted by Gasteiger charge is -2.31. The quantitative estimate of drug-likeness (QED) is 0.490. The number of nitrogens with one attached hydrogen (secondary N) is 1. The molecule has 2 amide bonds. The van der Waals surface area contributed by atoms with Crippen LogP contribution >= 0.6 is 11.3 Å². The summed E-state index contributed by atoms with van der Waals surface area (Å²) in [5, 5.41) is 18.1. The lowest BCUT2D eigenvalue weighted by molar-refractivity contribution is -0.143. The summed E-state index contributed by atoms with van der Waals surface area (Å²) in [7, 11) is 0. The number of nitrogens with zero attached hydrogens (tertiary/aromatic N) is 6. The molecule has 4 rings (SSSR count). The number of esters is 1. The Morgan fingerprint density at radius 2 is 1.97 bits per heavy atom. The molecule has 1 aliphatic rings. The zero-order valence-corrected chi connectivity index (χ0v) is 21.1. The van der Waals surface area contributed by atoms with Crippen molar-refractivity contribution >= 4 is 34.8 Å². The Morgan fingerprint density at radius 3 is 2.69 bits per heavy atom. The first kappa shape index (κ1) is 24.7. The van der Waals surface area contributed by atoms with Crippen LogP contribution in [-0.2, 0) is 9.53 Å². The Hall–Kier alpha value is -3.41. The Bertz CT molecular complexity index is 1250. The van der Waals surface area contributed by atoms with E-state index in [1.807, 2.05) is 19.9 Å². The van der Waals surface area contributed by atoms with Crippen LogP contribution in [0.2, 0.25) is 0 Å². The van der Waals surface area contributed by atoms with E-state index in [1.165, 1.54) is 11.3 Å². The van der Waals surface area contributed by atoms with Crippen molar-refractivity contribution in [3.63, 3.8) is 0 Å². The highest BCUT2D eigenvalue weighted by Gasteiger charge is 2.29. The van der Waals surface area contributed by atoms with Gasteiger partial charge in [0.25, 0.3) is 11.8 Å². The summed E-state index contributed by atoms with van der Waals surface area (Å²) >= 11 is 1.44. The van der Waals surface area contributed by atoms with Gasteiger partial charge in [0.15, 0.2) is 11.3 Å². The minimum absolute atomic E-state index is 0.111. The normalized spacial score (nSPS) is 15.3. The number of likely N-dealkylation sites (tertiary alicyclic amines) is 1. The minimum Gasteiger partial charge on any atom is -0.466 e. The highest BCUT2D eigenvalue weighted by atomic mass is 32.1. The zero-order valence-electron chi connectivity index (χ0n) is 20.3. The van der Waals surface area contributed by atoms with Crippen LogP contribution in [-0.4, -0.2) is 73.2 Å². The molecule has 1 saturated heterocycles. The van der Waals surface area contributed by atoms with Gasteiger partial charge in [0.1, 0.15) is 5.69 Å². The number of rotatable bonds is 7. The highest BCUT2D eigenvalue weighted by molar-refractivity contribution is 7.09.